The molecule has 0 bridgehead atoms. The molecule has 0 N–H and O–H groups in total. The molecule has 0 fully saturated rings. The molecule has 4 rings (SSSR count). The normalized spacial score (nSPS) is 19.6. The van der Waals surface area contributed by atoms with Crippen LogP contribution in [0.15, 0.2) is 36.4 Å². The smallest absolute Gasteiger partial charge is 0.223 e. The minimum Gasteiger partial charge on any atom is -0.312 e. The van der Waals surface area contributed by atoms with Gasteiger partial charge in [0, 0.05) is 38.8 Å². The van der Waals surface area contributed by atoms with Gasteiger partial charge in [-0.15, -0.1) is 0 Å². The van der Waals surface area contributed by atoms with Gasteiger partial charge in [-0.3, -0.25) is 9.69 Å². The summed E-state index contributed by atoms with van der Waals surface area (Å²) in [6.07, 6.45) is 1.96. The maximum Gasteiger partial charge on any atom is 0.223 e. The zero-order valence-electron chi connectivity index (χ0n) is 18.0. The van der Waals surface area contributed by atoms with Gasteiger partial charge >= 0.3 is 0 Å². The molecule has 2 aliphatic rings. The molecule has 1 unspecified atom stereocenters. The average Bonchev–Trinajstić information content (AvgIpc) is 2.65. The lowest BCUT2D eigenvalue weighted by Crippen LogP contribution is -2.38. The van der Waals surface area contributed by atoms with Gasteiger partial charge in [-0.05, 0) is 64.6 Å². The van der Waals surface area contributed by atoms with Crippen molar-refractivity contribution in [2.75, 3.05) is 18.0 Å². The zero-order chi connectivity index (χ0) is 20.8. The van der Waals surface area contributed by atoms with Crippen LogP contribution in [0.2, 0.25) is 0 Å². The Morgan fingerprint density at radius 3 is 2.62 bits per heavy atom. The monoisotopic (exact) mass is 394 g/mol. The fourth-order valence-corrected chi connectivity index (χ4v) is 4.97. The molecule has 2 aromatic carbocycles. The number of halogens is 1. The number of carbonyl (C=O) groups excluding carboxylic acids is 1. The average molecular weight is 395 g/mol. The molecule has 0 aliphatic carbocycles. The van der Waals surface area contributed by atoms with Gasteiger partial charge in [0.2, 0.25) is 5.91 Å². The number of fused-ring (bicyclic) bond motifs is 2. The second kappa shape index (κ2) is 7.56. The first kappa shape index (κ1) is 20.1. The number of amides is 1. The number of benzene rings is 2. The Kier molecular flexibility index (Phi) is 5.24. The van der Waals surface area contributed by atoms with Gasteiger partial charge < -0.3 is 4.90 Å². The number of hydrogen-bond donors (Lipinski definition) is 0. The fourth-order valence-electron chi connectivity index (χ4n) is 4.97. The van der Waals surface area contributed by atoms with Crippen LogP contribution in [0.1, 0.15) is 62.3 Å². The fraction of sp³-hybridized carbons (Fsp3) is 0.480. The third-order valence-corrected chi connectivity index (χ3v) is 6.49. The van der Waals surface area contributed by atoms with Crippen molar-refractivity contribution in [3.05, 3.63) is 64.5 Å². The number of carbonyl (C=O) groups is 1. The molecule has 2 aromatic rings. The Morgan fingerprint density at radius 2 is 1.90 bits per heavy atom. The highest BCUT2D eigenvalue weighted by molar-refractivity contribution is 5.93. The highest BCUT2D eigenvalue weighted by Gasteiger charge is 2.34. The van der Waals surface area contributed by atoms with Crippen molar-refractivity contribution >= 4 is 11.6 Å². The van der Waals surface area contributed by atoms with E-state index in [-0.39, 0.29) is 17.1 Å². The predicted octanol–water partition coefficient (Wildman–Crippen LogP) is 5.27. The van der Waals surface area contributed by atoms with Crippen molar-refractivity contribution in [2.45, 2.75) is 59.5 Å². The quantitative estimate of drug-likeness (QED) is 0.693. The highest BCUT2D eigenvalue weighted by atomic mass is 19.1. The molecule has 2 heterocycles. The predicted molar refractivity (Wildman–Crippen MR) is 116 cm³/mol. The minimum absolute atomic E-state index is 0.112. The van der Waals surface area contributed by atoms with Crippen molar-refractivity contribution in [3.8, 4) is 0 Å². The van der Waals surface area contributed by atoms with Crippen molar-refractivity contribution in [3.63, 3.8) is 0 Å². The Morgan fingerprint density at radius 1 is 1.10 bits per heavy atom. The molecular weight excluding hydrogens is 363 g/mol. The van der Waals surface area contributed by atoms with E-state index in [1.807, 2.05) is 11.0 Å². The van der Waals surface area contributed by atoms with Crippen molar-refractivity contribution < 1.29 is 9.18 Å². The van der Waals surface area contributed by atoms with E-state index in [1.165, 1.54) is 16.7 Å². The summed E-state index contributed by atoms with van der Waals surface area (Å²) in [7, 11) is 0. The van der Waals surface area contributed by atoms with Gasteiger partial charge in [0.15, 0.2) is 0 Å². The zero-order valence-corrected chi connectivity index (χ0v) is 18.0. The lowest BCUT2D eigenvalue weighted by Gasteiger charge is -2.40. The first-order chi connectivity index (χ1) is 13.7. The van der Waals surface area contributed by atoms with Gasteiger partial charge in [-0.2, -0.15) is 0 Å². The third kappa shape index (κ3) is 4.09. The van der Waals surface area contributed by atoms with Gasteiger partial charge in [-0.25, -0.2) is 4.39 Å². The van der Waals surface area contributed by atoms with Gasteiger partial charge in [-0.1, -0.05) is 39.0 Å². The van der Waals surface area contributed by atoms with Crippen LogP contribution in [-0.2, 0) is 24.3 Å². The summed E-state index contributed by atoms with van der Waals surface area (Å²) in [5.41, 5.74) is 6.14. The van der Waals surface area contributed by atoms with Crippen LogP contribution in [0.4, 0.5) is 10.1 Å². The molecule has 0 aromatic heterocycles. The van der Waals surface area contributed by atoms with Crippen molar-refractivity contribution in [2.24, 2.45) is 5.41 Å². The number of hydrogen-bond acceptors (Lipinski definition) is 2. The number of anilines is 1. The summed E-state index contributed by atoms with van der Waals surface area (Å²) >= 11 is 0. The molecule has 4 heteroatoms. The van der Waals surface area contributed by atoms with E-state index in [2.05, 4.69) is 43.9 Å². The molecule has 0 radical (unpaired) electrons. The Bertz CT molecular complexity index is 931. The molecular formula is C25H31FN2O. The van der Waals surface area contributed by atoms with Crippen molar-refractivity contribution in [1.29, 1.82) is 0 Å². The van der Waals surface area contributed by atoms with E-state index >= 15 is 0 Å². The number of nitrogens with zero attached hydrogens (tertiary/aromatic N) is 2. The molecule has 1 amide bonds. The molecule has 154 valence electrons. The second-order valence-corrected chi connectivity index (χ2v) is 9.64. The Labute approximate surface area is 173 Å². The summed E-state index contributed by atoms with van der Waals surface area (Å²) in [6, 6.07) is 11.7. The van der Waals surface area contributed by atoms with E-state index in [0.717, 1.165) is 50.3 Å². The maximum atomic E-state index is 13.6. The van der Waals surface area contributed by atoms with E-state index in [1.54, 1.807) is 19.1 Å². The van der Waals surface area contributed by atoms with Gasteiger partial charge in [0.1, 0.15) is 5.82 Å². The summed E-state index contributed by atoms with van der Waals surface area (Å²) in [4.78, 5) is 16.5. The highest BCUT2D eigenvalue weighted by Crippen LogP contribution is 2.45. The molecule has 0 saturated carbocycles. The summed E-state index contributed by atoms with van der Waals surface area (Å²) in [6.45, 7) is 11.9. The van der Waals surface area contributed by atoms with Crippen LogP contribution in [0.3, 0.4) is 0 Å². The standard InChI is InChI=1S/C25H31FN2O/c1-17(29)28-12-10-23(25(2,3)4)22-13-18(5-8-24(22)28)15-27-11-9-19-6-7-21(26)14-20(19)16-27/h5-8,13-14,23H,9-12,15-16H2,1-4H3. The molecule has 0 spiro atoms. The Balaban J connectivity index is 1.60. The first-order valence-corrected chi connectivity index (χ1v) is 10.6. The lowest BCUT2D eigenvalue weighted by atomic mass is 9.72. The van der Waals surface area contributed by atoms with E-state index < -0.39 is 0 Å². The van der Waals surface area contributed by atoms with Crippen LogP contribution in [0, 0.1) is 11.2 Å². The molecule has 1 atom stereocenters. The minimum atomic E-state index is -0.156. The van der Waals surface area contributed by atoms with Crippen LogP contribution in [0.5, 0.6) is 0 Å². The summed E-state index contributed by atoms with van der Waals surface area (Å²) in [5.74, 6) is 0.391. The van der Waals surface area contributed by atoms with Crippen LogP contribution in [0.25, 0.3) is 0 Å². The molecule has 3 nitrogen and oxygen atoms in total. The van der Waals surface area contributed by atoms with E-state index in [0.29, 0.717) is 5.92 Å². The van der Waals surface area contributed by atoms with Crippen LogP contribution in [-0.4, -0.2) is 23.9 Å². The SMILES string of the molecule is CC(=O)N1CCC(C(C)(C)C)c2cc(CN3CCc4ccc(F)cc4C3)ccc21. The summed E-state index contributed by atoms with van der Waals surface area (Å²) in [5, 5.41) is 0. The molecule has 2 aliphatic heterocycles. The van der Waals surface area contributed by atoms with Crippen LogP contribution >= 0.6 is 0 Å². The molecule has 0 saturated heterocycles. The third-order valence-electron chi connectivity index (χ3n) is 6.49. The second-order valence-electron chi connectivity index (χ2n) is 9.64. The van der Waals surface area contributed by atoms with Gasteiger partial charge in [0.05, 0.1) is 0 Å². The topological polar surface area (TPSA) is 23.6 Å². The first-order valence-electron chi connectivity index (χ1n) is 10.6. The van der Waals surface area contributed by atoms with E-state index in [9.17, 15) is 9.18 Å². The maximum absolute atomic E-state index is 13.6. The number of rotatable bonds is 2. The lowest BCUT2D eigenvalue weighted by molar-refractivity contribution is -0.116. The van der Waals surface area contributed by atoms with Gasteiger partial charge in [0.25, 0.3) is 0 Å². The Hall–Kier alpha value is -2.20. The van der Waals surface area contributed by atoms with Crippen molar-refractivity contribution in [1.82, 2.24) is 4.90 Å². The van der Waals surface area contributed by atoms with Crippen LogP contribution < -0.4 is 4.90 Å². The molecule has 29 heavy (non-hydrogen) atoms. The largest absolute Gasteiger partial charge is 0.312 e. The summed E-state index contributed by atoms with van der Waals surface area (Å²) < 4.78 is 13.6. The van der Waals surface area contributed by atoms with E-state index in [4.69, 9.17) is 0 Å².